The first-order valence-corrected chi connectivity index (χ1v) is 7.60. The highest BCUT2D eigenvalue weighted by Crippen LogP contribution is 2.37. The van der Waals surface area contributed by atoms with Gasteiger partial charge in [0.15, 0.2) is 5.58 Å². The Bertz CT molecular complexity index is 639. The largest absolute Gasteiger partial charge is 0.356 e. The summed E-state index contributed by atoms with van der Waals surface area (Å²) in [5, 5.41) is 5.65. The fourth-order valence-electron chi connectivity index (χ4n) is 3.02. The summed E-state index contributed by atoms with van der Waals surface area (Å²) in [6.07, 6.45) is 1.51. The minimum atomic E-state index is 0.187. The van der Waals surface area contributed by atoms with E-state index in [1.165, 1.54) is 0 Å². The molecule has 4 nitrogen and oxygen atoms in total. The molecule has 2 unspecified atom stereocenters. The monoisotopic (exact) mass is 274 g/mol. The van der Waals surface area contributed by atoms with E-state index in [1.54, 1.807) is 0 Å². The second-order valence-electron chi connectivity index (χ2n) is 5.19. The summed E-state index contributed by atoms with van der Waals surface area (Å²) in [6, 6.07) is 8.14. The Morgan fingerprint density at radius 3 is 3.16 bits per heavy atom. The van der Waals surface area contributed by atoms with E-state index in [0.717, 1.165) is 35.4 Å². The van der Waals surface area contributed by atoms with Gasteiger partial charge < -0.3 is 9.42 Å². The molecule has 0 N–H and O–H groups in total. The van der Waals surface area contributed by atoms with Crippen LogP contribution in [0, 0.1) is 0 Å². The molecule has 2 bridgehead atoms. The summed E-state index contributed by atoms with van der Waals surface area (Å²) in [4.78, 5) is 14.4. The molecule has 1 aromatic carbocycles. The lowest BCUT2D eigenvalue weighted by atomic mass is 10.1. The molecule has 98 valence electrons. The second-order valence-corrected chi connectivity index (χ2v) is 6.53. The molecule has 5 heteroatoms. The molecule has 19 heavy (non-hydrogen) atoms. The van der Waals surface area contributed by atoms with Gasteiger partial charge in [0.2, 0.25) is 5.91 Å². The Morgan fingerprint density at radius 2 is 2.37 bits per heavy atom. The maximum atomic E-state index is 12.4. The Balaban J connectivity index is 1.56. The van der Waals surface area contributed by atoms with E-state index in [1.807, 2.05) is 40.9 Å². The summed E-state index contributed by atoms with van der Waals surface area (Å²) in [5.41, 5.74) is 1.51. The highest BCUT2D eigenvalue weighted by atomic mass is 32.2. The SMILES string of the molecule is O=C(Cc1noc2ccccc12)N1CC2CC1CS2. The third-order valence-corrected chi connectivity index (χ3v) is 5.38. The van der Waals surface area contributed by atoms with E-state index >= 15 is 0 Å². The second kappa shape index (κ2) is 4.27. The van der Waals surface area contributed by atoms with Crippen molar-refractivity contribution in [1.82, 2.24) is 10.1 Å². The Morgan fingerprint density at radius 1 is 1.47 bits per heavy atom. The number of thioether (sulfide) groups is 1. The number of rotatable bonds is 2. The number of benzene rings is 1. The van der Waals surface area contributed by atoms with Crippen LogP contribution in [0.4, 0.5) is 0 Å². The number of nitrogens with zero attached hydrogens (tertiary/aromatic N) is 2. The Hall–Kier alpha value is -1.49. The van der Waals surface area contributed by atoms with Gasteiger partial charge in [-0.2, -0.15) is 11.8 Å². The van der Waals surface area contributed by atoms with Gasteiger partial charge in [0.25, 0.3) is 0 Å². The van der Waals surface area contributed by atoms with Crippen molar-refractivity contribution in [1.29, 1.82) is 0 Å². The van der Waals surface area contributed by atoms with Crippen molar-refractivity contribution in [2.24, 2.45) is 0 Å². The minimum Gasteiger partial charge on any atom is -0.356 e. The maximum Gasteiger partial charge on any atom is 0.229 e. The van der Waals surface area contributed by atoms with Gasteiger partial charge in [-0.3, -0.25) is 4.79 Å². The van der Waals surface area contributed by atoms with E-state index in [4.69, 9.17) is 4.52 Å². The van der Waals surface area contributed by atoms with Crippen LogP contribution in [0.25, 0.3) is 11.0 Å². The molecule has 0 radical (unpaired) electrons. The van der Waals surface area contributed by atoms with Gasteiger partial charge in [0, 0.05) is 29.0 Å². The molecule has 3 heterocycles. The first kappa shape index (κ1) is 11.3. The molecule has 0 spiro atoms. The predicted molar refractivity (Wildman–Crippen MR) is 74.1 cm³/mol. The van der Waals surface area contributed by atoms with Crippen LogP contribution >= 0.6 is 11.8 Å². The zero-order valence-electron chi connectivity index (χ0n) is 10.4. The first-order chi connectivity index (χ1) is 9.31. The van der Waals surface area contributed by atoms with Crippen LogP contribution in [-0.4, -0.2) is 39.6 Å². The predicted octanol–water partition coefficient (Wildman–Crippen LogP) is 2.09. The third kappa shape index (κ3) is 1.84. The average Bonchev–Trinajstić information content (AvgIpc) is 3.14. The number of hydrogen-bond donors (Lipinski definition) is 0. The summed E-state index contributed by atoms with van der Waals surface area (Å²) in [6.45, 7) is 0.907. The molecule has 1 aromatic heterocycles. The fraction of sp³-hybridized carbons (Fsp3) is 0.429. The summed E-state index contributed by atoms with van der Waals surface area (Å²) in [7, 11) is 0. The van der Waals surface area contributed by atoms with Gasteiger partial charge in [0.05, 0.1) is 6.42 Å². The lowest BCUT2D eigenvalue weighted by molar-refractivity contribution is -0.131. The van der Waals surface area contributed by atoms with Crippen LogP contribution in [0.2, 0.25) is 0 Å². The Labute approximate surface area is 115 Å². The smallest absolute Gasteiger partial charge is 0.229 e. The van der Waals surface area contributed by atoms with Gasteiger partial charge in [-0.15, -0.1) is 0 Å². The lowest BCUT2D eigenvalue weighted by Crippen LogP contribution is -2.40. The van der Waals surface area contributed by atoms with Crippen LogP contribution in [-0.2, 0) is 11.2 Å². The number of hydrogen-bond acceptors (Lipinski definition) is 4. The van der Waals surface area contributed by atoms with Gasteiger partial charge >= 0.3 is 0 Å². The number of carbonyl (C=O) groups excluding carboxylic acids is 1. The molecule has 2 fully saturated rings. The number of aromatic nitrogens is 1. The quantitative estimate of drug-likeness (QED) is 0.841. The number of fused-ring (bicyclic) bond motifs is 3. The minimum absolute atomic E-state index is 0.187. The molecule has 4 rings (SSSR count). The number of para-hydroxylation sites is 1. The van der Waals surface area contributed by atoms with Crippen molar-refractivity contribution in [3.63, 3.8) is 0 Å². The van der Waals surface area contributed by atoms with E-state index in [9.17, 15) is 4.79 Å². The molecule has 0 aliphatic carbocycles. The molecule has 1 amide bonds. The summed E-state index contributed by atoms with van der Waals surface area (Å²) < 4.78 is 5.25. The molecule has 2 atom stereocenters. The number of carbonyl (C=O) groups is 1. The van der Waals surface area contributed by atoms with Crippen molar-refractivity contribution in [3.8, 4) is 0 Å². The fourth-order valence-corrected chi connectivity index (χ4v) is 4.45. The van der Waals surface area contributed by atoms with E-state index < -0.39 is 0 Å². The van der Waals surface area contributed by atoms with Crippen LogP contribution in [0.15, 0.2) is 28.8 Å². The zero-order valence-corrected chi connectivity index (χ0v) is 11.2. The van der Waals surface area contributed by atoms with Crippen LogP contribution in [0.3, 0.4) is 0 Å². The van der Waals surface area contributed by atoms with Gasteiger partial charge in [0.1, 0.15) is 5.69 Å². The zero-order chi connectivity index (χ0) is 12.8. The van der Waals surface area contributed by atoms with E-state index in [2.05, 4.69) is 5.16 Å². The standard InChI is InChI=1S/C14H14N2O2S/c17-14(16-7-10-5-9(16)8-19-10)6-12-11-3-1-2-4-13(11)18-15-12/h1-4,9-10H,5-8H2. The van der Waals surface area contributed by atoms with Crippen LogP contribution < -0.4 is 0 Å². The van der Waals surface area contributed by atoms with Gasteiger partial charge in [-0.05, 0) is 18.6 Å². The highest BCUT2D eigenvalue weighted by molar-refractivity contribution is 8.00. The number of amides is 1. The molecule has 0 saturated carbocycles. The van der Waals surface area contributed by atoms with Crippen molar-refractivity contribution in [2.45, 2.75) is 24.1 Å². The molecular weight excluding hydrogens is 260 g/mol. The highest BCUT2D eigenvalue weighted by Gasteiger charge is 2.40. The molecule has 2 aromatic rings. The Kier molecular flexibility index (Phi) is 2.55. The van der Waals surface area contributed by atoms with Crippen LogP contribution in [0.5, 0.6) is 0 Å². The lowest BCUT2D eigenvalue weighted by Gasteiger charge is -2.26. The van der Waals surface area contributed by atoms with Crippen LogP contribution in [0.1, 0.15) is 12.1 Å². The molecule has 2 saturated heterocycles. The third-order valence-electron chi connectivity index (χ3n) is 3.99. The first-order valence-electron chi connectivity index (χ1n) is 6.55. The van der Waals surface area contributed by atoms with Gasteiger partial charge in [-0.1, -0.05) is 17.3 Å². The molecule has 2 aliphatic heterocycles. The summed E-state index contributed by atoms with van der Waals surface area (Å²) >= 11 is 2.00. The molecule has 2 aliphatic rings. The van der Waals surface area contributed by atoms with Crippen molar-refractivity contribution >= 4 is 28.6 Å². The number of likely N-dealkylation sites (tertiary alicyclic amines) is 1. The van der Waals surface area contributed by atoms with Gasteiger partial charge in [-0.25, -0.2) is 0 Å². The topological polar surface area (TPSA) is 46.3 Å². The molecular formula is C14H14N2O2S. The average molecular weight is 274 g/mol. The van der Waals surface area contributed by atoms with Crippen molar-refractivity contribution in [3.05, 3.63) is 30.0 Å². The van der Waals surface area contributed by atoms with Crippen molar-refractivity contribution in [2.75, 3.05) is 12.3 Å². The normalized spacial score (nSPS) is 25.4. The van der Waals surface area contributed by atoms with E-state index in [0.29, 0.717) is 17.7 Å². The summed E-state index contributed by atoms with van der Waals surface area (Å²) in [5.74, 6) is 1.28. The van der Waals surface area contributed by atoms with E-state index in [-0.39, 0.29) is 5.91 Å². The maximum absolute atomic E-state index is 12.4. The van der Waals surface area contributed by atoms with Crippen molar-refractivity contribution < 1.29 is 9.32 Å².